The van der Waals surface area contributed by atoms with Crippen LogP contribution in [0.2, 0.25) is 0 Å². The summed E-state index contributed by atoms with van der Waals surface area (Å²) in [5, 5.41) is 20.8. The number of rotatable bonds is 11. The van der Waals surface area contributed by atoms with Crippen molar-refractivity contribution in [2.75, 3.05) is 19.8 Å². The Hall–Kier alpha value is -1.37. The third-order valence-electron chi connectivity index (χ3n) is 2.67. The molecule has 0 saturated carbocycles. The van der Waals surface area contributed by atoms with Gasteiger partial charge in [-0.3, -0.25) is 4.79 Å². The molecule has 0 bridgehead atoms. The highest BCUT2D eigenvalue weighted by Crippen LogP contribution is 2.14. The van der Waals surface area contributed by atoms with E-state index in [1.54, 1.807) is 0 Å². The Morgan fingerprint density at radius 1 is 1.47 bits per heavy atom. The van der Waals surface area contributed by atoms with Crippen LogP contribution in [-0.4, -0.2) is 35.9 Å². The first-order chi connectivity index (χ1) is 8.95. The van der Waals surface area contributed by atoms with Crippen LogP contribution in [-0.2, 0) is 9.63 Å². The summed E-state index contributed by atoms with van der Waals surface area (Å²) >= 11 is 0. The molecule has 0 fully saturated rings. The molecule has 0 aromatic heterocycles. The third-order valence-corrected chi connectivity index (χ3v) is 2.67. The highest BCUT2D eigenvalue weighted by Gasteiger charge is 2.12. The van der Waals surface area contributed by atoms with Gasteiger partial charge < -0.3 is 15.3 Å². The molecule has 2 N–H and O–H groups in total. The lowest BCUT2D eigenvalue weighted by atomic mass is 9.94. The number of aliphatic hydroxyl groups excluding tert-OH is 1. The van der Waals surface area contributed by atoms with Gasteiger partial charge in [0.25, 0.3) is 5.09 Å². The minimum absolute atomic E-state index is 0.0630. The molecule has 19 heavy (non-hydrogen) atoms. The minimum Gasteiger partial charge on any atom is -0.396 e. The highest BCUT2D eigenvalue weighted by atomic mass is 16.9. The van der Waals surface area contributed by atoms with Crippen molar-refractivity contribution < 1.29 is 19.8 Å². The lowest BCUT2D eigenvalue weighted by Gasteiger charge is -2.18. The summed E-state index contributed by atoms with van der Waals surface area (Å²) in [5.74, 6) is 0.643. The Kier molecular flexibility index (Phi) is 9.78. The van der Waals surface area contributed by atoms with Crippen LogP contribution in [0.15, 0.2) is 0 Å². The molecule has 1 amide bonds. The Morgan fingerprint density at radius 3 is 2.68 bits per heavy atom. The molecule has 0 saturated heterocycles. The predicted molar refractivity (Wildman–Crippen MR) is 69.8 cm³/mol. The van der Waals surface area contributed by atoms with Crippen molar-refractivity contribution in [2.24, 2.45) is 11.8 Å². The van der Waals surface area contributed by atoms with Crippen molar-refractivity contribution >= 4 is 5.91 Å². The van der Waals surface area contributed by atoms with Gasteiger partial charge >= 0.3 is 0 Å². The maximum Gasteiger partial charge on any atom is 0.294 e. The number of carbonyl (C=O) groups excluding carboxylic acids is 1. The fourth-order valence-corrected chi connectivity index (χ4v) is 1.87. The van der Waals surface area contributed by atoms with E-state index >= 15 is 0 Å². The molecular weight excluding hydrogens is 252 g/mol. The topological polar surface area (TPSA) is 102 Å². The number of hydrogen-bond acceptors (Lipinski definition) is 5. The molecule has 0 heterocycles. The smallest absolute Gasteiger partial charge is 0.294 e. The van der Waals surface area contributed by atoms with Gasteiger partial charge in [-0.25, -0.2) is 0 Å². The van der Waals surface area contributed by atoms with Crippen molar-refractivity contribution in [1.29, 1.82) is 0 Å². The summed E-state index contributed by atoms with van der Waals surface area (Å²) in [7, 11) is 0. The first kappa shape index (κ1) is 17.6. The van der Waals surface area contributed by atoms with Crippen LogP contribution in [0.1, 0.15) is 39.5 Å². The number of nitrogens with one attached hydrogen (secondary N) is 1. The summed E-state index contributed by atoms with van der Waals surface area (Å²) in [6.45, 7) is 4.78. The zero-order chi connectivity index (χ0) is 14.7. The van der Waals surface area contributed by atoms with Crippen LogP contribution in [0.25, 0.3) is 0 Å². The molecule has 7 heteroatoms. The zero-order valence-corrected chi connectivity index (χ0v) is 11.6. The van der Waals surface area contributed by atoms with Crippen molar-refractivity contribution in [3.63, 3.8) is 0 Å². The SMILES string of the molecule is CC(C)CC(CCO)CNC(=O)CCCO[N+](=O)[O-]. The molecule has 112 valence electrons. The Balaban J connectivity index is 3.75. The second-order valence-electron chi connectivity index (χ2n) is 4.97. The van der Waals surface area contributed by atoms with Gasteiger partial charge in [-0.05, 0) is 31.1 Å². The van der Waals surface area contributed by atoms with Crippen molar-refractivity contribution in [2.45, 2.75) is 39.5 Å². The number of carbonyl (C=O) groups is 1. The summed E-state index contributed by atoms with van der Waals surface area (Å²) in [6, 6.07) is 0. The van der Waals surface area contributed by atoms with Crippen LogP contribution in [0.4, 0.5) is 0 Å². The van der Waals surface area contributed by atoms with E-state index in [2.05, 4.69) is 24.0 Å². The molecule has 0 aliphatic rings. The van der Waals surface area contributed by atoms with Gasteiger partial charge in [0, 0.05) is 19.6 Å². The summed E-state index contributed by atoms with van der Waals surface area (Å²) in [5.41, 5.74) is 0. The lowest BCUT2D eigenvalue weighted by Crippen LogP contribution is -2.30. The van der Waals surface area contributed by atoms with Crippen molar-refractivity contribution in [1.82, 2.24) is 5.32 Å². The molecule has 0 aromatic carbocycles. The number of hydrogen-bond donors (Lipinski definition) is 2. The van der Waals surface area contributed by atoms with Crippen LogP contribution in [0, 0.1) is 22.0 Å². The lowest BCUT2D eigenvalue weighted by molar-refractivity contribution is -0.757. The van der Waals surface area contributed by atoms with Crippen LogP contribution in [0.5, 0.6) is 0 Å². The average molecular weight is 276 g/mol. The molecule has 7 nitrogen and oxygen atoms in total. The standard InChI is InChI=1S/C12H24N2O5/c1-10(2)8-11(5-6-15)9-13-12(16)4-3-7-19-14(17)18/h10-11,15H,3-9H2,1-2H3,(H,13,16). The third kappa shape index (κ3) is 11.5. The van der Waals surface area contributed by atoms with Crippen molar-refractivity contribution in [3.05, 3.63) is 10.1 Å². The van der Waals surface area contributed by atoms with Gasteiger partial charge in [0.1, 0.15) is 0 Å². The number of aliphatic hydroxyl groups is 1. The van der Waals surface area contributed by atoms with E-state index in [0.29, 0.717) is 25.3 Å². The maximum atomic E-state index is 11.5. The van der Waals surface area contributed by atoms with E-state index in [9.17, 15) is 14.9 Å². The first-order valence-electron chi connectivity index (χ1n) is 6.60. The highest BCUT2D eigenvalue weighted by molar-refractivity contribution is 5.75. The van der Waals surface area contributed by atoms with E-state index in [0.717, 1.165) is 6.42 Å². The Bertz CT molecular complexity index is 271. The van der Waals surface area contributed by atoms with Gasteiger partial charge in [-0.1, -0.05) is 13.8 Å². The zero-order valence-electron chi connectivity index (χ0n) is 11.6. The number of amides is 1. The van der Waals surface area contributed by atoms with Crippen LogP contribution in [0.3, 0.4) is 0 Å². The molecule has 0 aromatic rings. The molecule has 0 rings (SSSR count). The van der Waals surface area contributed by atoms with Crippen LogP contribution < -0.4 is 5.32 Å². The maximum absolute atomic E-state index is 11.5. The summed E-state index contributed by atoms with van der Waals surface area (Å²) in [6.07, 6.45) is 2.15. The predicted octanol–water partition coefficient (Wildman–Crippen LogP) is 1.14. The summed E-state index contributed by atoms with van der Waals surface area (Å²) in [4.78, 5) is 25.5. The molecule has 0 radical (unpaired) electrons. The van der Waals surface area contributed by atoms with E-state index < -0.39 is 5.09 Å². The first-order valence-corrected chi connectivity index (χ1v) is 6.60. The van der Waals surface area contributed by atoms with Gasteiger partial charge in [0.15, 0.2) is 0 Å². The van der Waals surface area contributed by atoms with Gasteiger partial charge in [-0.2, -0.15) is 0 Å². The molecule has 0 spiro atoms. The molecule has 1 unspecified atom stereocenters. The monoisotopic (exact) mass is 276 g/mol. The largest absolute Gasteiger partial charge is 0.396 e. The molecular formula is C12H24N2O5. The second kappa shape index (κ2) is 10.5. The fourth-order valence-electron chi connectivity index (χ4n) is 1.87. The van der Waals surface area contributed by atoms with E-state index in [1.807, 2.05) is 0 Å². The summed E-state index contributed by atoms with van der Waals surface area (Å²) < 4.78 is 0. The minimum atomic E-state index is -0.863. The van der Waals surface area contributed by atoms with Gasteiger partial charge in [-0.15, -0.1) is 10.1 Å². The molecule has 1 atom stereocenters. The fraction of sp³-hybridized carbons (Fsp3) is 0.917. The average Bonchev–Trinajstić information content (AvgIpc) is 2.31. The molecule has 0 aliphatic heterocycles. The Morgan fingerprint density at radius 2 is 2.16 bits per heavy atom. The van der Waals surface area contributed by atoms with E-state index in [-0.39, 0.29) is 31.5 Å². The van der Waals surface area contributed by atoms with Gasteiger partial charge in [0.2, 0.25) is 5.91 Å². The van der Waals surface area contributed by atoms with Crippen LogP contribution >= 0.6 is 0 Å². The van der Waals surface area contributed by atoms with Crippen molar-refractivity contribution in [3.8, 4) is 0 Å². The number of nitrogens with zero attached hydrogens (tertiary/aromatic N) is 1. The molecule has 0 aliphatic carbocycles. The van der Waals surface area contributed by atoms with E-state index in [1.165, 1.54) is 0 Å². The van der Waals surface area contributed by atoms with E-state index in [4.69, 9.17) is 5.11 Å². The normalized spacial score (nSPS) is 12.2. The quantitative estimate of drug-likeness (QED) is 0.335. The second-order valence-corrected chi connectivity index (χ2v) is 4.97. The van der Waals surface area contributed by atoms with Gasteiger partial charge in [0.05, 0.1) is 6.61 Å². The Labute approximate surface area is 113 Å².